The summed E-state index contributed by atoms with van der Waals surface area (Å²) in [4.78, 5) is 13.4. The summed E-state index contributed by atoms with van der Waals surface area (Å²) < 4.78 is 6.14. The quantitative estimate of drug-likeness (QED) is 0.468. The predicted octanol–water partition coefficient (Wildman–Crippen LogP) is 6.05. The van der Waals surface area contributed by atoms with Crippen LogP contribution >= 0.6 is 23.2 Å². The molecular formula is C24H18Cl2N2O2. The van der Waals surface area contributed by atoms with Gasteiger partial charge in [-0.15, -0.1) is 0 Å². The molecule has 5 rings (SSSR count). The number of aryl methyl sites for hydroxylation is 1. The van der Waals surface area contributed by atoms with E-state index >= 15 is 0 Å². The molecule has 0 spiro atoms. The van der Waals surface area contributed by atoms with Gasteiger partial charge in [0.2, 0.25) is 5.78 Å². The predicted molar refractivity (Wildman–Crippen MR) is 119 cm³/mol. The van der Waals surface area contributed by atoms with E-state index < -0.39 is 6.23 Å². The normalized spacial score (nSPS) is 19.6. The molecule has 2 aliphatic heterocycles. The van der Waals surface area contributed by atoms with Crippen molar-refractivity contribution in [1.82, 2.24) is 5.01 Å². The van der Waals surface area contributed by atoms with Gasteiger partial charge in [0.15, 0.2) is 0 Å². The number of hydrogen-bond donors (Lipinski definition) is 0. The first-order chi connectivity index (χ1) is 14.5. The van der Waals surface area contributed by atoms with Gasteiger partial charge >= 0.3 is 0 Å². The average molecular weight is 437 g/mol. The van der Waals surface area contributed by atoms with Gasteiger partial charge < -0.3 is 4.74 Å². The maximum atomic E-state index is 13.4. The number of halogens is 2. The molecule has 2 heterocycles. The molecule has 2 aliphatic rings. The number of fused-ring (bicyclic) bond motifs is 3. The summed E-state index contributed by atoms with van der Waals surface area (Å²) >= 11 is 12.7. The number of carbonyl (C=O) groups is 1. The number of nitrogens with zero attached hydrogens (tertiary/aromatic N) is 2. The molecule has 0 amide bonds. The zero-order valence-corrected chi connectivity index (χ0v) is 17.7. The zero-order valence-electron chi connectivity index (χ0n) is 16.2. The standard InChI is InChI=1S/C24H18Cl2N2O2/c1-14-7-9-16(10-8-14)22(29)24-28-21(13-20(27-28)15-5-3-2-4-6-15)18-11-17(25)12-19(26)23(18)30-24/h2-12,21,24H,13H2,1H3/t21-,24+/m1/s1. The zero-order chi connectivity index (χ0) is 20.8. The van der Waals surface area contributed by atoms with Gasteiger partial charge in [-0.1, -0.05) is 83.4 Å². The van der Waals surface area contributed by atoms with Crippen molar-refractivity contribution in [2.75, 3.05) is 0 Å². The fourth-order valence-corrected chi connectivity index (χ4v) is 4.51. The van der Waals surface area contributed by atoms with E-state index in [1.807, 2.05) is 67.6 Å². The molecule has 0 saturated carbocycles. The second-order valence-corrected chi connectivity index (χ2v) is 8.36. The third-order valence-electron chi connectivity index (χ3n) is 5.48. The first-order valence-corrected chi connectivity index (χ1v) is 10.4. The molecule has 0 unspecified atom stereocenters. The molecule has 3 aromatic rings. The lowest BCUT2D eigenvalue weighted by Crippen LogP contribution is -2.46. The van der Waals surface area contributed by atoms with Gasteiger partial charge in [-0.05, 0) is 24.6 Å². The molecule has 6 heteroatoms. The highest BCUT2D eigenvalue weighted by atomic mass is 35.5. The van der Waals surface area contributed by atoms with E-state index in [0.29, 0.717) is 27.8 Å². The topological polar surface area (TPSA) is 41.9 Å². The van der Waals surface area contributed by atoms with Crippen LogP contribution in [-0.2, 0) is 0 Å². The van der Waals surface area contributed by atoms with Crippen molar-refractivity contribution in [3.8, 4) is 5.75 Å². The lowest BCUT2D eigenvalue weighted by Gasteiger charge is -2.37. The molecule has 0 aromatic heterocycles. The van der Waals surface area contributed by atoms with Crippen LogP contribution in [0.2, 0.25) is 10.0 Å². The molecule has 0 saturated heterocycles. The summed E-state index contributed by atoms with van der Waals surface area (Å²) in [6, 6.07) is 20.7. The molecule has 4 nitrogen and oxygen atoms in total. The third kappa shape index (κ3) is 3.26. The van der Waals surface area contributed by atoms with Crippen LogP contribution in [0, 0.1) is 6.92 Å². The molecule has 3 aromatic carbocycles. The maximum Gasteiger partial charge on any atom is 0.251 e. The van der Waals surface area contributed by atoms with Crippen molar-refractivity contribution in [2.45, 2.75) is 25.6 Å². The average Bonchev–Trinajstić information content (AvgIpc) is 3.20. The van der Waals surface area contributed by atoms with E-state index in [-0.39, 0.29) is 11.8 Å². The molecule has 0 bridgehead atoms. The van der Waals surface area contributed by atoms with Crippen LogP contribution in [0.15, 0.2) is 71.8 Å². The number of carbonyl (C=O) groups excluding carboxylic acids is 1. The molecule has 0 N–H and O–H groups in total. The molecule has 0 radical (unpaired) electrons. The highest BCUT2D eigenvalue weighted by Gasteiger charge is 2.44. The minimum Gasteiger partial charge on any atom is -0.459 e. The van der Waals surface area contributed by atoms with Crippen LogP contribution in [0.4, 0.5) is 0 Å². The fraction of sp³-hybridized carbons (Fsp3) is 0.167. The summed E-state index contributed by atoms with van der Waals surface area (Å²) in [6.07, 6.45) is -0.264. The van der Waals surface area contributed by atoms with E-state index in [0.717, 1.165) is 22.4 Å². The SMILES string of the molecule is Cc1ccc(C(=O)[C@@H]2Oc3c(Cl)cc(Cl)cc3[C@H]3CC(c4ccccc4)=NN32)cc1. The van der Waals surface area contributed by atoms with Crippen molar-refractivity contribution in [1.29, 1.82) is 0 Å². The Morgan fingerprint density at radius 3 is 2.53 bits per heavy atom. The Labute approximate surface area is 184 Å². The molecule has 0 aliphatic carbocycles. The van der Waals surface area contributed by atoms with E-state index in [1.165, 1.54) is 0 Å². The van der Waals surface area contributed by atoms with Gasteiger partial charge in [-0.2, -0.15) is 5.10 Å². The summed E-state index contributed by atoms with van der Waals surface area (Å²) in [6.45, 7) is 1.98. The lowest BCUT2D eigenvalue weighted by molar-refractivity contribution is -0.00447. The second-order valence-electron chi connectivity index (χ2n) is 7.52. The van der Waals surface area contributed by atoms with Crippen molar-refractivity contribution in [3.63, 3.8) is 0 Å². The Morgan fingerprint density at radius 1 is 1.07 bits per heavy atom. The largest absolute Gasteiger partial charge is 0.459 e. The third-order valence-corrected chi connectivity index (χ3v) is 5.97. The summed E-state index contributed by atoms with van der Waals surface area (Å²) in [5.74, 6) is 0.340. The van der Waals surface area contributed by atoms with Gasteiger partial charge in [0.25, 0.3) is 6.23 Å². The van der Waals surface area contributed by atoms with Gasteiger partial charge in [-0.25, -0.2) is 5.01 Å². The van der Waals surface area contributed by atoms with Gasteiger partial charge in [-0.3, -0.25) is 4.79 Å². The first kappa shape index (κ1) is 19.2. The maximum absolute atomic E-state index is 13.4. The number of hydrazone groups is 1. The van der Waals surface area contributed by atoms with E-state index in [2.05, 4.69) is 0 Å². The van der Waals surface area contributed by atoms with Crippen LogP contribution in [0.3, 0.4) is 0 Å². The van der Waals surface area contributed by atoms with Crippen molar-refractivity contribution >= 4 is 34.7 Å². The number of hydrogen-bond acceptors (Lipinski definition) is 4. The highest BCUT2D eigenvalue weighted by Crippen LogP contribution is 2.47. The smallest absolute Gasteiger partial charge is 0.251 e. The highest BCUT2D eigenvalue weighted by molar-refractivity contribution is 6.35. The first-order valence-electron chi connectivity index (χ1n) is 9.69. The van der Waals surface area contributed by atoms with Gasteiger partial charge in [0, 0.05) is 22.6 Å². The van der Waals surface area contributed by atoms with Gasteiger partial charge in [0.05, 0.1) is 16.8 Å². The number of ether oxygens (including phenoxy) is 1. The summed E-state index contributed by atoms with van der Waals surface area (Å²) in [7, 11) is 0. The number of Topliss-reactive ketones (excluding diaryl/α,β-unsaturated/α-hetero) is 1. The monoisotopic (exact) mass is 436 g/mol. The van der Waals surface area contributed by atoms with E-state index in [4.69, 9.17) is 33.0 Å². The fourth-order valence-electron chi connectivity index (χ4n) is 3.95. The molecule has 150 valence electrons. The number of ketones is 1. The van der Waals surface area contributed by atoms with Crippen LogP contribution in [0.5, 0.6) is 5.75 Å². The van der Waals surface area contributed by atoms with Crippen molar-refractivity contribution in [2.24, 2.45) is 5.10 Å². The van der Waals surface area contributed by atoms with Gasteiger partial charge in [0.1, 0.15) is 5.75 Å². The van der Waals surface area contributed by atoms with E-state index in [1.54, 1.807) is 11.1 Å². The van der Waals surface area contributed by atoms with E-state index in [9.17, 15) is 4.79 Å². The Hall–Kier alpha value is -2.82. The van der Waals surface area contributed by atoms with Crippen LogP contribution < -0.4 is 4.74 Å². The Morgan fingerprint density at radius 2 is 1.80 bits per heavy atom. The molecule has 2 atom stereocenters. The summed E-state index contributed by atoms with van der Waals surface area (Å²) in [5.41, 5.74) is 4.41. The Balaban J connectivity index is 1.60. The lowest BCUT2D eigenvalue weighted by atomic mass is 9.95. The molecule has 0 fully saturated rings. The van der Waals surface area contributed by atoms with Crippen LogP contribution in [-0.4, -0.2) is 22.7 Å². The number of rotatable bonds is 3. The Kier molecular flexibility index (Phi) is 4.76. The van der Waals surface area contributed by atoms with Crippen LogP contribution in [0.25, 0.3) is 0 Å². The minimum absolute atomic E-state index is 0.158. The molecule has 30 heavy (non-hydrogen) atoms. The van der Waals surface area contributed by atoms with Crippen molar-refractivity contribution in [3.05, 3.63) is 99.0 Å². The Bertz CT molecular complexity index is 1160. The number of benzene rings is 3. The molecular weight excluding hydrogens is 419 g/mol. The second kappa shape index (κ2) is 7.46. The van der Waals surface area contributed by atoms with Crippen LogP contribution in [0.1, 0.15) is 39.5 Å². The van der Waals surface area contributed by atoms with Crippen molar-refractivity contribution < 1.29 is 9.53 Å². The minimum atomic E-state index is -0.898. The summed E-state index contributed by atoms with van der Waals surface area (Å²) in [5, 5.41) is 7.47.